The lowest BCUT2D eigenvalue weighted by Gasteiger charge is -2.07. The number of carbonyl (C=O) groups excluding carboxylic acids is 1. The number of nitrogens with zero attached hydrogens (tertiary/aromatic N) is 3. The van der Waals surface area contributed by atoms with Gasteiger partial charge in [-0.05, 0) is 19.1 Å². The Hall–Kier alpha value is -3.22. The van der Waals surface area contributed by atoms with Crippen LogP contribution in [0.1, 0.15) is 23.2 Å². The minimum Gasteiger partial charge on any atom is -0.477 e. The molecule has 0 aliphatic carbocycles. The first-order valence-electron chi connectivity index (χ1n) is 7.41. The van der Waals surface area contributed by atoms with Gasteiger partial charge in [0.1, 0.15) is 5.56 Å². The molecule has 0 unspecified atom stereocenters. The minimum atomic E-state index is -0.564. The van der Waals surface area contributed by atoms with Crippen LogP contribution in [0.3, 0.4) is 0 Å². The normalized spacial score (nSPS) is 10.4. The Morgan fingerprint density at radius 2 is 2.00 bits per heavy atom. The highest BCUT2D eigenvalue weighted by molar-refractivity contribution is 5.91. The van der Waals surface area contributed by atoms with Crippen molar-refractivity contribution in [3.63, 3.8) is 0 Å². The number of rotatable bonds is 6. The van der Waals surface area contributed by atoms with Crippen molar-refractivity contribution in [3.8, 4) is 17.3 Å². The molecule has 0 radical (unpaired) electrons. The van der Waals surface area contributed by atoms with Crippen LogP contribution in [0, 0.1) is 0 Å². The van der Waals surface area contributed by atoms with Gasteiger partial charge >= 0.3 is 5.97 Å². The second-order valence-electron chi connectivity index (χ2n) is 4.74. The van der Waals surface area contributed by atoms with Gasteiger partial charge in [-0.15, -0.1) is 0 Å². The second-order valence-corrected chi connectivity index (χ2v) is 4.74. The summed E-state index contributed by atoms with van der Waals surface area (Å²) in [4.78, 5) is 20.4. The van der Waals surface area contributed by atoms with E-state index in [9.17, 15) is 4.79 Å². The summed E-state index contributed by atoms with van der Waals surface area (Å²) in [6.45, 7) is 2.09. The molecule has 122 valence electrons. The van der Waals surface area contributed by atoms with E-state index in [0.29, 0.717) is 12.4 Å². The van der Waals surface area contributed by atoms with Crippen LogP contribution < -0.4 is 4.74 Å². The van der Waals surface area contributed by atoms with Crippen LogP contribution in [0.15, 0.2) is 53.2 Å². The minimum absolute atomic E-state index is 0.126. The molecule has 3 rings (SSSR count). The van der Waals surface area contributed by atoms with Crippen molar-refractivity contribution < 1.29 is 18.8 Å². The molecule has 1 aromatic carbocycles. The van der Waals surface area contributed by atoms with Gasteiger partial charge in [0.25, 0.3) is 5.89 Å². The van der Waals surface area contributed by atoms with Crippen LogP contribution in [0.5, 0.6) is 5.88 Å². The number of carbonyl (C=O) groups is 1. The van der Waals surface area contributed by atoms with Crippen molar-refractivity contribution in [2.24, 2.45) is 0 Å². The van der Waals surface area contributed by atoms with Gasteiger partial charge in [0.2, 0.25) is 11.7 Å². The number of ether oxygens (including phenoxy) is 2. The number of aromatic nitrogens is 3. The van der Waals surface area contributed by atoms with E-state index in [0.717, 1.165) is 5.56 Å². The lowest BCUT2D eigenvalue weighted by molar-refractivity contribution is 0.0424. The second kappa shape index (κ2) is 7.36. The number of esters is 1. The first kappa shape index (κ1) is 15.7. The molecule has 0 bridgehead atoms. The SMILES string of the molecule is CCOc1ncccc1C(=O)OCc1nc(-c2ccccc2)no1. The predicted molar refractivity (Wildman–Crippen MR) is 84.3 cm³/mol. The van der Waals surface area contributed by atoms with Gasteiger partial charge in [-0.1, -0.05) is 35.5 Å². The van der Waals surface area contributed by atoms with Crippen LogP contribution in [0.2, 0.25) is 0 Å². The van der Waals surface area contributed by atoms with Gasteiger partial charge in [-0.25, -0.2) is 9.78 Å². The first-order valence-corrected chi connectivity index (χ1v) is 7.41. The maximum Gasteiger partial charge on any atom is 0.344 e. The molecule has 0 spiro atoms. The molecule has 0 fully saturated rings. The van der Waals surface area contributed by atoms with Gasteiger partial charge in [0.05, 0.1) is 6.61 Å². The molecule has 0 aliphatic heterocycles. The predicted octanol–water partition coefficient (Wildman–Crippen LogP) is 2.89. The Morgan fingerprint density at radius 3 is 2.79 bits per heavy atom. The summed E-state index contributed by atoms with van der Waals surface area (Å²) in [5.74, 6) is 0.327. The number of benzene rings is 1. The highest BCUT2D eigenvalue weighted by Crippen LogP contribution is 2.18. The largest absolute Gasteiger partial charge is 0.477 e. The molecule has 7 nitrogen and oxygen atoms in total. The van der Waals surface area contributed by atoms with Gasteiger partial charge in [0, 0.05) is 11.8 Å². The van der Waals surface area contributed by atoms with E-state index in [1.807, 2.05) is 37.3 Å². The summed E-state index contributed by atoms with van der Waals surface area (Å²) in [6.07, 6.45) is 1.55. The molecule has 3 aromatic rings. The lowest BCUT2D eigenvalue weighted by atomic mass is 10.2. The maximum atomic E-state index is 12.2. The average Bonchev–Trinajstić information content (AvgIpc) is 3.10. The van der Waals surface area contributed by atoms with Gasteiger partial charge in [-0.3, -0.25) is 0 Å². The smallest absolute Gasteiger partial charge is 0.344 e. The highest BCUT2D eigenvalue weighted by Gasteiger charge is 2.17. The highest BCUT2D eigenvalue weighted by atomic mass is 16.6. The molecule has 2 aromatic heterocycles. The van der Waals surface area contributed by atoms with E-state index in [-0.39, 0.29) is 23.9 Å². The quantitative estimate of drug-likeness (QED) is 0.644. The molecular formula is C17H15N3O4. The Morgan fingerprint density at radius 1 is 1.17 bits per heavy atom. The molecule has 0 N–H and O–H groups in total. The fraction of sp³-hybridized carbons (Fsp3) is 0.176. The van der Waals surface area contributed by atoms with E-state index in [4.69, 9.17) is 14.0 Å². The molecule has 7 heteroatoms. The Labute approximate surface area is 138 Å². The van der Waals surface area contributed by atoms with E-state index in [1.165, 1.54) is 0 Å². The fourth-order valence-corrected chi connectivity index (χ4v) is 2.02. The third-order valence-electron chi connectivity index (χ3n) is 3.10. The molecule has 0 saturated carbocycles. The summed E-state index contributed by atoms with van der Waals surface area (Å²) in [5, 5.41) is 3.87. The standard InChI is InChI=1S/C17H15N3O4/c1-2-22-16-13(9-6-10-18-16)17(21)23-11-14-19-15(20-24-14)12-7-4-3-5-8-12/h3-10H,2,11H2,1H3. The van der Waals surface area contributed by atoms with Crippen LogP contribution in [0.4, 0.5) is 0 Å². The van der Waals surface area contributed by atoms with Crippen LogP contribution in [0.25, 0.3) is 11.4 Å². The summed E-state index contributed by atoms with van der Waals surface area (Å²) >= 11 is 0. The van der Waals surface area contributed by atoms with Crippen molar-refractivity contribution in [1.29, 1.82) is 0 Å². The molecule has 2 heterocycles. The van der Waals surface area contributed by atoms with E-state index >= 15 is 0 Å². The number of pyridine rings is 1. The zero-order chi connectivity index (χ0) is 16.8. The topological polar surface area (TPSA) is 87.3 Å². The van der Waals surface area contributed by atoms with Gasteiger partial charge < -0.3 is 14.0 Å². The number of hydrogen-bond donors (Lipinski definition) is 0. The molecule has 24 heavy (non-hydrogen) atoms. The summed E-state index contributed by atoms with van der Waals surface area (Å²) in [5.41, 5.74) is 1.08. The Balaban J connectivity index is 1.66. The monoisotopic (exact) mass is 325 g/mol. The van der Waals surface area contributed by atoms with Crippen molar-refractivity contribution in [3.05, 3.63) is 60.1 Å². The Bertz CT molecular complexity index is 817. The zero-order valence-corrected chi connectivity index (χ0v) is 13.0. The van der Waals surface area contributed by atoms with Crippen LogP contribution in [-0.2, 0) is 11.3 Å². The summed E-state index contributed by atoms with van der Waals surface area (Å²) < 4.78 is 15.6. The zero-order valence-electron chi connectivity index (χ0n) is 13.0. The van der Waals surface area contributed by atoms with E-state index in [1.54, 1.807) is 18.3 Å². The van der Waals surface area contributed by atoms with Crippen LogP contribution >= 0.6 is 0 Å². The van der Waals surface area contributed by atoms with E-state index in [2.05, 4.69) is 15.1 Å². The molecule has 0 aliphatic rings. The molecule has 0 atom stereocenters. The summed E-state index contributed by atoms with van der Waals surface area (Å²) in [7, 11) is 0. The molecule has 0 saturated heterocycles. The Kier molecular flexibility index (Phi) is 4.81. The van der Waals surface area contributed by atoms with Gasteiger partial charge in [-0.2, -0.15) is 4.98 Å². The maximum absolute atomic E-state index is 12.2. The third kappa shape index (κ3) is 3.57. The lowest BCUT2D eigenvalue weighted by Crippen LogP contribution is -2.09. The van der Waals surface area contributed by atoms with Crippen molar-refractivity contribution in [1.82, 2.24) is 15.1 Å². The third-order valence-corrected chi connectivity index (χ3v) is 3.10. The first-order chi connectivity index (χ1) is 11.8. The molecule has 0 amide bonds. The number of hydrogen-bond acceptors (Lipinski definition) is 7. The van der Waals surface area contributed by atoms with E-state index < -0.39 is 5.97 Å². The van der Waals surface area contributed by atoms with Crippen LogP contribution in [-0.4, -0.2) is 27.7 Å². The summed E-state index contributed by atoms with van der Waals surface area (Å²) in [6, 6.07) is 12.6. The van der Waals surface area contributed by atoms with Crippen molar-refractivity contribution in [2.75, 3.05) is 6.61 Å². The average molecular weight is 325 g/mol. The van der Waals surface area contributed by atoms with Crippen molar-refractivity contribution >= 4 is 5.97 Å². The van der Waals surface area contributed by atoms with Gasteiger partial charge in [0.15, 0.2) is 6.61 Å². The molecular weight excluding hydrogens is 310 g/mol. The van der Waals surface area contributed by atoms with Crippen molar-refractivity contribution in [2.45, 2.75) is 13.5 Å². The fourth-order valence-electron chi connectivity index (χ4n) is 2.02.